The van der Waals surface area contributed by atoms with Gasteiger partial charge in [-0.3, -0.25) is 14.3 Å². The quantitative estimate of drug-likeness (QED) is 0.555. The van der Waals surface area contributed by atoms with Crippen LogP contribution in [-0.4, -0.2) is 20.7 Å². The Kier molecular flexibility index (Phi) is 5.55. The van der Waals surface area contributed by atoms with E-state index in [-0.39, 0.29) is 5.56 Å². The first-order valence-electron chi connectivity index (χ1n) is 7.45. The van der Waals surface area contributed by atoms with Gasteiger partial charge in [0.2, 0.25) is 5.91 Å². The number of thiophene rings is 1. The van der Waals surface area contributed by atoms with Gasteiger partial charge >= 0.3 is 7.60 Å². The highest BCUT2D eigenvalue weighted by Crippen LogP contribution is 2.54. The van der Waals surface area contributed by atoms with Gasteiger partial charge in [0.15, 0.2) is 5.66 Å². The molecule has 0 aliphatic rings. The number of aromatic nitrogens is 1. The number of hydrogen-bond donors (Lipinski definition) is 3. The Balaban J connectivity index is 1.91. The summed E-state index contributed by atoms with van der Waals surface area (Å²) in [6.07, 6.45) is 6.14. The van der Waals surface area contributed by atoms with Crippen LogP contribution in [0.3, 0.4) is 0 Å². The molecule has 26 heavy (non-hydrogen) atoms. The van der Waals surface area contributed by atoms with Gasteiger partial charge in [-0.25, -0.2) is 0 Å². The highest BCUT2D eigenvalue weighted by Gasteiger charge is 2.38. The van der Waals surface area contributed by atoms with E-state index in [1.54, 1.807) is 54.2 Å². The Bertz CT molecular complexity index is 1020. The summed E-state index contributed by atoms with van der Waals surface area (Å²) in [7, 11) is -4.75. The van der Waals surface area contributed by atoms with Crippen LogP contribution in [0.4, 0.5) is 0 Å². The molecule has 0 radical (unpaired) electrons. The lowest BCUT2D eigenvalue weighted by Crippen LogP contribution is -2.25. The number of nitrogens with zero attached hydrogens (tertiary/aromatic N) is 1. The Hall–Kier alpha value is -2.02. The Morgan fingerprint density at radius 3 is 2.85 bits per heavy atom. The summed E-state index contributed by atoms with van der Waals surface area (Å²) in [6, 6.07) is 8.56. The molecule has 0 aliphatic heterocycles. The number of carbonyl (C=O) groups is 1. The van der Waals surface area contributed by atoms with Crippen molar-refractivity contribution in [3.8, 4) is 0 Å². The lowest BCUT2D eigenvalue weighted by Gasteiger charge is -2.16. The maximum atomic E-state index is 12.5. The monoisotopic (exact) mass is 408 g/mol. The third-order valence-electron chi connectivity index (χ3n) is 3.63. The van der Waals surface area contributed by atoms with E-state index >= 15 is 0 Å². The molecular formula is C17H14ClN2O4PS. The molecule has 6 nitrogen and oxygen atoms in total. The lowest BCUT2D eigenvalue weighted by molar-refractivity contribution is -0.120. The first-order valence-corrected chi connectivity index (χ1v) is 10.4. The van der Waals surface area contributed by atoms with Gasteiger partial charge < -0.3 is 15.1 Å². The normalized spacial score (nSPS) is 13.2. The number of amides is 1. The molecule has 0 bridgehead atoms. The van der Waals surface area contributed by atoms with E-state index in [1.807, 2.05) is 0 Å². The molecule has 0 fully saturated rings. The van der Waals surface area contributed by atoms with E-state index in [1.165, 1.54) is 17.5 Å². The second-order valence-corrected chi connectivity index (χ2v) is 8.49. The molecule has 1 aromatic carbocycles. The summed E-state index contributed by atoms with van der Waals surface area (Å²) in [6.45, 7) is 0. The first-order chi connectivity index (χ1) is 12.4. The van der Waals surface area contributed by atoms with Crippen LogP contribution in [0.25, 0.3) is 16.2 Å². The van der Waals surface area contributed by atoms with Crippen LogP contribution in [0.5, 0.6) is 0 Å². The topological polar surface area (TPSA) is 99.5 Å². The van der Waals surface area contributed by atoms with Crippen LogP contribution in [-0.2, 0) is 9.36 Å². The molecule has 2 aromatic heterocycles. The Labute approximate surface area is 158 Å². The van der Waals surface area contributed by atoms with Gasteiger partial charge in [0, 0.05) is 28.3 Å². The van der Waals surface area contributed by atoms with E-state index in [0.29, 0.717) is 10.4 Å². The molecule has 1 amide bonds. The highest BCUT2D eigenvalue weighted by atomic mass is 35.5. The number of hydrogen-bond acceptors (Lipinski definition) is 4. The van der Waals surface area contributed by atoms with Crippen LogP contribution in [0.15, 0.2) is 54.3 Å². The van der Waals surface area contributed by atoms with Crippen molar-refractivity contribution < 1.29 is 19.1 Å². The summed E-state index contributed by atoms with van der Waals surface area (Å²) >= 11 is 7.29. The molecule has 1 atom stereocenters. The summed E-state index contributed by atoms with van der Waals surface area (Å²) in [4.78, 5) is 36.0. The molecule has 0 saturated heterocycles. The van der Waals surface area contributed by atoms with Crippen molar-refractivity contribution in [2.45, 2.75) is 5.66 Å². The fraction of sp³-hybridized carbons (Fsp3) is 0.0588. The van der Waals surface area contributed by atoms with Crippen molar-refractivity contribution in [2.75, 3.05) is 0 Å². The third-order valence-corrected chi connectivity index (χ3v) is 6.03. The predicted molar refractivity (Wildman–Crippen MR) is 103 cm³/mol. The van der Waals surface area contributed by atoms with E-state index in [4.69, 9.17) is 11.6 Å². The number of halogens is 1. The first kappa shape index (κ1) is 18.8. The van der Waals surface area contributed by atoms with Gasteiger partial charge in [0.25, 0.3) is 0 Å². The molecule has 3 rings (SSSR count). The summed E-state index contributed by atoms with van der Waals surface area (Å²) in [5.41, 5.74) is -0.616. The number of pyridine rings is 1. The average molecular weight is 409 g/mol. The maximum Gasteiger partial charge on any atom is 0.342 e. The molecule has 0 aliphatic carbocycles. The number of rotatable bonds is 5. The number of benzene rings is 1. The van der Waals surface area contributed by atoms with Crippen LogP contribution >= 0.6 is 30.5 Å². The molecule has 1 unspecified atom stereocenters. The second-order valence-electron chi connectivity index (χ2n) is 5.45. The molecular weight excluding hydrogens is 395 g/mol. The fourth-order valence-corrected chi connectivity index (χ4v) is 4.68. The Morgan fingerprint density at radius 2 is 2.15 bits per heavy atom. The van der Waals surface area contributed by atoms with Crippen molar-refractivity contribution in [3.05, 3.63) is 70.5 Å². The van der Waals surface area contributed by atoms with Crippen LogP contribution in [0.2, 0.25) is 5.02 Å². The minimum atomic E-state index is -4.75. The maximum absolute atomic E-state index is 12.5. The molecule has 3 aromatic rings. The van der Waals surface area contributed by atoms with Gasteiger partial charge in [-0.2, -0.15) is 0 Å². The molecule has 9 heteroatoms. The van der Waals surface area contributed by atoms with Gasteiger partial charge in [-0.05, 0) is 52.2 Å². The Morgan fingerprint density at radius 1 is 1.35 bits per heavy atom. The number of carbonyl (C=O) groups excluding carboxylic acids is 1. The smallest absolute Gasteiger partial charge is 0.332 e. The second kappa shape index (κ2) is 7.70. The van der Waals surface area contributed by atoms with Crippen molar-refractivity contribution in [1.29, 1.82) is 0 Å². The summed E-state index contributed by atoms with van der Waals surface area (Å²) < 4.78 is 12.8. The van der Waals surface area contributed by atoms with Gasteiger partial charge in [-0.1, -0.05) is 17.7 Å². The van der Waals surface area contributed by atoms with E-state index in [9.17, 15) is 19.1 Å². The standard InChI is InChI=1S/C17H14ClN2O4PS/c18-12-3-4-15-13(8-12)14(10-26-15)16(25(22,23)24)17(21)20-7-5-11-2-1-6-19-9-11/h1-10,16H,(H,20,21)(H2,22,23,24). The zero-order valence-corrected chi connectivity index (χ0v) is 15.7. The molecule has 0 spiro atoms. The summed E-state index contributed by atoms with van der Waals surface area (Å²) in [5, 5.41) is 5.00. The molecule has 2 heterocycles. The lowest BCUT2D eigenvalue weighted by atomic mass is 10.1. The van der Waals surface area contributed by atoms with E-state index in [2.05, 4.69) is 10.3 Å². The third kappa shape index (κ3) is 4.20. The van der Waals surface area contributed by atoms with Crippen molar-refractivity contribution >= 4 is 52.6 Å². The van der Waals surface area contributed by atoms with Crippen molar-refractivity contribution in [3.63, 3.8) is 0 Å². The molecule has 0 saturated carbocycles. The van der Waals surface area contributed by atoms with Crippen LogP contribution in [0, 0.1) is 0 Å². The van der Waals surface area contributed by atoms with Gasteiger partial charge in [0.05, 0.1) is 0 Å². The molecule has 3 N–H and O–H groups in total. The van der Waals surface area contributed by atoms with Crippen molar-refractivity contribution in [1.82, 2.24) is 10.3 Å². The highest BCUT2D eigenvalue weighted by molar-refractivity contribution is 7.53. The van der Waals surface area contributed by atoms with E-state index < -0.39 is 19.2 Å². The van der Waals surface area contributed by atoms with Crippen LogP contribution < -0.4 is 5.32 Å². The molecule has 134 valence electrons. The largest absolute Gasteiger partial charge is 0.342 e. The SMILES string of the molecule is O=C(NC=Cc1cccnc1)C(c1csc2ccc(Cl)cc12)P(=O)(O)O. The van der Waals surface area contributed by atoms with E-state index in [0.717, 1.165) is 10.3 Å². The fourth-order valence-electron chi connectivity index (χ4n) is 2.48. The zero-order valence-electron chi connectivity index (χ0n) is 13.2. The average Bonchev–Trinajstić information content (AvgIpc) is 2.97. The number of fused-ring (bicyclic) bond motifs is 1. The zero-order chi connectivity index (χ0) is 18.7. The van der Waals surface area contributed by atoms with Gasteiger partial charge in [0.1, 0.15) is 0 Å². The van der Waals surface area contributed by atoms with Gasteiger partial charge in [-0.15, -0.1) is 11.3 Å². The minimum absolute atomic E-state index is 0.258. The van der Waals surface area contributed by atoms with Crippen molar-refractivity contribution in [2.24, 2.45) is 0 Å². The van der Waals surface area contributed by atoms with Crippen LogP contribution in [0.1, 0.15) is 16.8 Å². The predicted octanol–water partition coefficient (Wildman–Crippen LogP) is 3.96. The number of nitrogens with one attached hydrogen (secondary N) is 1. The summed E-state index contributed by atoms with van der Waals surface area (Å²) in [5.74, 6) is -0.793. The minimum Gasteiger partial charge on any atom is -0.332 e.